The Hall–Kier alpha value is -3.94. The summed E-state index contributed by atoms with van der Waals surface area (Å²) >= 11 is 0. The Bertz CT molecular complexity index is 1150. The lowest BCUT2D eigenvalue weighted by Crippen LogP contribution is -2.14. The fourth-order valence-corrected chi connectivity index (χ4v) is 2.96. The van der Waals surface area contributed by atoms with Gasteiger partial charge in [-0.25, -0.2) is 9.67 Å². The van der Waals surface area contributed by atoms with Gasteiger partial charge in [0, 0.05) is 5.56 Å². The van der Waals surface area contributed by atoms with E-state index in [1.165, 1.54) is 5.56 Å². The predicted molar refractivity (Wildman–Crippen MR) is 109 cm³/mol. The number of hydrogen-bond acceptors (Lipinski definition) is 5. The van der Waals surface area contributed by atoms with Gasteiger partial charge in [0.15, 0.2) is 0 Å². The maximum atomic E-state index is 12.5. The van der Waals surface area contributed by atoms with Gasteiger partial charge in [-0.05, 0) is 30.7 Å². The number of rotatable bonds is 6. The monoisotopic (exact) mass is 388 g/mol. The predicted octanol–water partition coefficient (Wildman–Crippen LogP) is 3.29. The Labute approximate surface area is 167 Å². The maximum absolute atomic E-state index is 12.5. The summed E-state index contributed by atoms with van der Waals surface area (Å²) in [5.74, 6) is 0.597. The normalized spacial score (nSPS) is 10.7. The first kappa shape index (κ1) is 18.4. The first-order chi connectivity index (χ1) is 14.1. The Balaban J connectivity index is 1.43. The minimum absolute atomic E-state index is 0.236. The van der Waals surface area contributed by atoms with Gasteiger partial charge >= 0.3 is 0 Å². The highest BCUT2D eigenvalue weighted by atomic mass is 16.5. The highest BCUT2D eigenvalue weighted by molar-refractivity contribution is 6.02. The molecule has 146 valence electrons. The van der Waals surface area contributed by atoms with Crippen LogP contribution in [0.1, 0.15) is 21.6 Å². The van der Waals surface area contributed by atoms with Crippen LogP contribution in [0.4, 0.5) is 5.95 Å². The van der Waals surface area contributed by atoms with E-state index in [1.54, 1.807) is 24.2 Å². The van der Waals surface area contributed by atoms with Crippen LogP contribution >= 0.6 is 0 Å². The molecule has 2 aromatic heterocycles. The zero-order valence-electron chi connectivity index (χ0n) is 16.1. The lowest BCUT2D eigenvalue weighted by atomic mass is 10.1. The molecule has 0 saturated heterocycles. The Morgan fingerprint density at radius 2 is 2.03 bits per heavy atom. The number of ether oxygens (including phenoxy) is 1. The van der Waals surface area contributed by atoms with Crippen LogP contribution in [0.25, 0.3) is 11.3 Å². The van der Waals surface area contributed by atoms with Crippen molar-refractivity contribution < 1.29 is 9.53 Å². The molecule has 0 aliphatic heterocycles. The number of nitrogens with zero attached hydrogens (tertiary/aromatic N) is 4. The molecule has 8 heteroatoms. The summed E-state index contributed by atoms with van der Waals surface area (Å²) in [6.07, 6.45) is 1.59. The Morgan fingerprint density at radius 3 is 2.86 bits per heavy atom. The van der Waals surface area contributed by atoms with Gasteiger partial charge < -0.3 is 4.74 Å². The molecule has 0 aliphatic rings. The van der Waals surface area contributed by atoms with Gasteiger partial charge in [-0.15, -0.1) is 5.10 Å². The first-order valence-corrected chi connectivity index (χ1v) is 9.07. The lowest BCUT2D eigenvalue weighted by molar-refractivity contribution is 0.102. The van der Waals surface area contributed by atoms with Crippen LogP contribution in [0.15, 0.2) is 60.9 Å². The van der Waals surface area contributed by atoms with Gasteiger partial charge in [0.05, 0.1) is 19.3 Å². The van der Waals surface area contributed by atoms with Crippen molar-refractivity contribution in [2.75, 3.05) is 12.4 Å². The fourth-order valence-electron chi connectivity index (χ4n) is 2.96. The molecule has 8 nitrogen and oxygen atoms in total. The average Bonchev–Trinajstić information content (AvgIpc) is 3.38. The first-order valence-electron chi connectivity index (χ1n) is 9.07. The third-order valence-electron chi connectivity index (χ3n) is 4.38. The molecule has 2 heterocycles. The number of anilines is 1. The number of aromatic amines is 1. The molecule has 4 rings (SSSR count). The van der Waals surface area contributed by atoms with Crippen LogP contribution in [0.5, 0.6) is 5.75 Å². The van der Waals surface area contributed by atoms with E-state index >= 15 is 0 Å². The van der Waals surface area contributed by atoms with Crippen LogP contribution in [0, 0.1) is 6.92 Å². The molecule has 0 radical (unpaired) electrons. The number of hydrogen-bond donors (Lipinski definition) is 2. The quantitative estimate of drug-likeness (QED) is 0.528. The summed E-state index contributed by atoms with van der Waals surface area (Å²) in [6, 6.07) is 17.3. The van der Waals surface area contributed by atoms with E-state index in [2.05, 4.69) is 31.7 Å². The Kier molecular flexibility index (Phi) is 5.07. The summed E-state index contributed by atoms with van der Waals surface area (Å²) in [7, 11) is 1.60. The number of benzene rings is 2. The van der Waals surface area contributed by atoms with Gasteiger partial charge in [0.25, 0.3) is 5.91 Å². The molecule has 1 amide bonds. The highest BCUT2D eigenvalue weighted by Gasteiger charge is 2.14. The second-order valence-corrected chi connectivity index (χ2v) is 6.61. The van der Waals surface area contributed by atoms with Crippen LogP contribution in [-0.2, 0) is 6.54 Å². The molecule has 29 heavy (non-hydrogen) atoms. The molecule has 0 unspecified atom stereocenters. The molecule has 0 aliphatic carbocycles. The van der Waals surface area contributed by atoms with Gasteiger partial charge in [-0.1, -0.05) is 42.0 Å². The van der Waals surface area contributed by atoms with Gasteiger partial charge in [-0.3, -0.25) is 15.2 Å². The van der Waals surface area contributed by atoms with Crippen LogP contribution in [0.2, 0.25) is 0 Å². The van der Waals surface area contributed by atoms with E-state index in [1.807, 2.05) is 49.4 Å². The number of aryl methyl sites for hydroxylation is 1. The smallest absolute Gasteiger partial charge is 0.276 e. The molecule has 0 fully saturated rings. The summed E-state index contributed by atoms with van der Waals surface area (Å²) < 4.78 is 6.90. The van der Waals surface area contributed by atoms with E-state index in [9.17, 15) is 4.79 Å². The molecule has 2 N–H and O–H groups in total. The van der Waals surface area contributed by atoms with Crippen LogP contribution in [-0.4, -0.2) is 38.0 Å². The van der Waals surface area contributed by atoms with Crippen molar-refractivity contribution in [1.82, 2.24) is 25.0 Å². The van der Waals surface area contributed by atoms with Crippen molar-refractivity contribution in [3.8, 4) is 17.0 Å². The van der Waals surface area contributed by atoms with Gasteiger partial charge in [0.1, 0.15) is 17.8 Å². The summed E-state index contributed by atoms with van der Waals surface area (Å²) in [5, 5.41) is 14.0. The van der Waals surface area contributed by atoms with Crippen molar-refractivity contribution >= 4 is 11.9 Å². The zero-order valence-corrected chi connectivity index (χ0v) is 16.1. The van der Waals surface area contributed by atoms with Crippen molar-refractivity contribution in [2.45, 2.75) is 13.5 Å². The van der Waals surface area contributed by atoms with Crippen molar-refractivity contribution in [3.05, 3.63) is 77.7 Å². The van der Waals surface area contributed by atoms with Gasteiger partial charge in [-0.2, -0.15) is 5.10 Å². The van der Waals surface area contributed by atoms with E-state index in [-0.39, 0.29) is 11.9 Å². The van der Waals surface area contributed by atoms with E-state index in [0.717, 1.165) is 16.9 Å². The number of nitrogens with one attached hydrogen (secondary N) is 2. The third kappa shape index (κ3) is 4.32. The number of carbonyl (C=O) groups is 1. The number of amides is 1. The van der Waals surface area contributed by atoms with Crippen LogP contribution in [0.3, 0.4) is 0 Å². The number of methoxy groups -OCH3 is 1. The molecular formula is C21H20N6O2. The minimum atomic E-state index is -0.361. The third-order valence-corrected chi connectivity index (χ3v) is 4.38. The standard InChI is InChI=1S/C21H20N6O2/c1-14-5-3-6-15(9-14)12-27-13-22-21(26-27)23-20(28)19-11-18(24-25-19)16-7-4-8-17(10-16)29-2/h3-11,13H,12H2,1-2H3,(H,24,25)(H,23,26,28). The summed E-state index contributed by atoms with van der Waals surface area (Å²) in [6.45, 7) is 2.62. The number of aromatic nitrogens is 5. The molecule has 0 spiro atoms. The topological polar surface area (TPSA) is 97.7 Å². The molecule has 0 atom stereocenters. The second kappa shape index (κ2) is 7.97. The zero-order chi connectivity index (χ0) is 20.2. The average molecular weight is 388 g/mol. The largest absolute Gasteiger partial charge is 0.497 e. The molecule has 0 saturated carbocycles. The maximum Gasteiger partial charge on any atom is 0.276 e. The van der Waals surface area contributed by atoms with Crippen molar-refractivity contribution in [2.24, 2.45) is 0 Å². The number of carbonyl (C=O) groups excluding carboxylic acids is 1. The minimum Gasteiger partial charge on any atom is -0.497 e. The SMILES string of the molecule is COc1cccc(-c2cc(C(=O)Nc3ncn(Cc4cccc(C)c4)n3)[nH]n2)c1. The second-order valence-electron chi connectivity index (χ2n) is 6.61. The fraction of sp³-hybridized carbons (Fsp3) is 0.143. The van der Waals surface area contributed by atoms with Crippen LogP contribution < -0.4 is 10.1 Å². The molecule has 4 aromatic rings. The number of H-pyrrole nitrogens is 1. The Morgan fingerprint density at radius 1 is 1.17 bits per heavy atom. The summed E-state index contributed by atoms with van der Waals surface area (Å²) in [5.41, 5.74) is 4.11. The summed E-state index contributed by atoms with van der Waals surface area (Å²) in [4.78, 5) is 16.7. The lowest BCUT2D eigenvalue weighted by Gasteiger charge is -2.02. The van der Waals surface area contributed by atoms with E-state index < -0.39 is 0 Å². The molecular weight excluding hydrogens is 368 g/mol. The van der Waals surface area contributed by atoms with Gasteiger partial charge in [0.2, 0.25) is 5.95 Å². The van der Waals surface area contributed by atoms with E-state index in [0.29, 0.717) is 17.9 Å². The van der Waals surface area contributed by atoms with Crippen molar-refractivity contribution in [3.63, 3.8) is 0 Å². The highest BCUT2D eigenvalue weighted by Crippen LogP contribution is 2.22. The van der Waals surface area contributed by atoms with E-state index in [4.69, 9.17) is 4.74 Å². The van der Waals surface area contributed by atoms with Crippen molar-refractivity contribution in [1.29, 1.82) is 0 Å². The molecule has 0 bridgehead atoms. The molecule has 2 aromatic carbocycles.